The van der Waals surface area contributed by atoms with Crippen LogP contribution in [0.2, 0.25) is 5.02 Å². The van der Waals surface area contributed by atoms with Gasteiger partial charge in [0, 0.05) is 29.6 Å². The number of benzene rings is 1. The number of aromatic nitrogens is 3. The minimum atomic E-state index is -0.535. The third kappa shape index (κ3) is 4.63. The molecule has 1 saturated heterocycles. The van der Waals surface area contributed by atoms with Gasteiger partial charge in [-0.3, -0.25) is 19.5 Å². The molecule has 148 valence electrons. The van der Waals surface area contributed by atoms with Crippen LogP contribution in [0.5, 0.6) is 0 Å². The number of hydrogen-bond acceptors (Lipinski definition) is 7. The fourth-order valence-corrected chi connectivity index (χ4v) is 3.79. The summed E-state index contributed by atoms with van der Waals surface area (Å²) in [6.07, 6.45) is 0.433. The Morgan fingerprint density at radius 1 is 1.36 bits per heavy atom. The predicted octanol–water partition coefficient (Wildman–Crippen LogP) is 1.71. The van der Waals surface area contributed by atoms with Crippen LogP contribution in [0, 0.1) is 0 Å². The van der Waals surface area contributed by atoms with E-state index in [1.807, 2.05) is 0 Å². The van der Waals surface area contributed by atoms with Crippen LogP contribution < -0.4 is 10.6 Å². The number of carbonyl (C=O) groups excluding carboxylic acids is 3. The molecule has 2 heterocycles. The number of esters is 1. The molecule has 11 heteroatoms. The topological polar surface area (TPSA) is 115 Å². The number of rotatable bonds is 6. The fraction of sp³-hybridized carbons (Fsp3) is 0.353. The Hall–Kier alpha value is -2.59. The van der Waals surface area contributed by atoms with Gasteiger partial charge in [0.25, 0.3) is 0 Å². The molecule has 28 heavy (non-hydrogen) atoms. The highest BCUT2D eigenvalue weighted by Gasteiger charge is 2.27. The largest absolute Gasteiger partial charge is 0.468 e. The highest BCUT2D eigenvalue weighted by Crippen LogP contribution is 2.27. The van der Waals surface area contributed by atoms with Gasteiger partial charge < -0.3 is 10.1 Å². The summed E-state index contributed by atoms with van der Waals surface area (Å²) >= 11 is 7.19. The number of nitrogens with one attached hydrogen (secondary N) is 2. The third-order valence-corrected chi connectivity index (χ3v) is 5.32. The van der Waals surface area contributed by atoms with Crippen LogP contribution >= 0.6 is 23.4 Å². The summed E-state index contributed by atoms with van der Waals surface area (Å²) in [5, 5.41) is 13.9. The summed E-state index contributed by atoms with van der Waals surface area (Å²) in [6, 6.07) is 6.12. The average molecular weight is 424 g/mol. The van der Waals surface area contributed by atoms with Gasteiger partial charge in [-0.2, -0.15) is 0 Å². The first-order valence-corrected chi connectivity index (χ1v) is 9.68. The number of halogens is 1. The summed E-state index contributed by atoms with van der Waals surface area (Å²) < 4.78 is 6.55. The number of amides is 3. The molecule has 2 atom stereocenters. The minimum Gasteiger partial charge on any atom is -0.468 e. The maximum Gasteiger partial charge on any atom is 0.321 e. The number of methoxy groups -OCH3 is 1. The Kier molecular flexibility index (Phi) is 6.20. The van der Waals surface area contributed by atoms with Crippen LogP contribution in [0.3, 0.4) is 0 Å². The zero-order valence-corrected chi connectivity index (χ0v) is 16.7. The van der Waals surface area contributed by atoms with Crippen LogP contribution in [-0.2, 0) is 20.7 Å². The summed E-state index contributed by atoms with van der Waals surface area (Å²) in [7, 11) is 1.32. The zero-order valence-electron chi connectivity index (χ0n) is 15.1. The van der Waals surface area contributed by atoms with E-state index in [1.165, 1.54) is 18.9 Å². The molecule has 0 radical (unpaired) electrons. The number of thioether (sulfide) groups is 1. The SMILES string of the molecule is COC(=O)C(C)Sc1nnc(CC2CC(=O)NC(=O)N2)n1-c1ccc(Cl)cc1. The lowest BCUT2D eigenvalue weighted by Gasteiger charge is -2.23. The molecule has 0 spiro atoms. The van der Waals surface area contributed by atoms with Gasteiger partial charge in [-0.05, 0) is 31.2 Å². The molecule has 2 aromatic rings. The summed E-state index contributed by atoms with van der Waals surface area (Å²) in [5.74, 6) is -0.185. The molecule has 2 unspecified atom stereocenters. The first-order chi connectivity index (χ1) is 13.4. The van der Waals surface area contributed by atoms with Crippen molar-refractivity contribution in [3.8, 4) is 5.69 Å². The monoisotopic (exact) mass is 423 g/mol. The van der Waals surface area contributed by atoms with Gasteiger partial charge in [0.2, 0.25) is 5.91 Å². The average Bonchev–Trinajstić information content (AvgIpc) is 3.02. The zero-order chi connectivity index (χ0) is 20.3. The second-order valence-electron chi connectivity index (χ2n) is 6.12. The van der Waals surface area contributed by atoms with E-state index >= 15 is 0 Å². The first-order valence-electron chi connectivity index (χ1n) is 8.42. The van der Waals surface area contributed by atoms with E-state index in [4.69, 9.17) is 16.3 Å². The van der Waals surface area contributed by atoms with Gasteiger partial charge in [0.05, 0.1) is 7.11 Å². The molecular formula is C17H18ClN5O4S. The molecule has 1 aromatic heterocycles. The third-order valence-electron chi connectivity index (χ3n) is 4.05. The Morgan fingerprint density at radius 3 is 2.71 bits per heavy atom. The molecule has 3 amide bonds. The van der Waals surface area contributed by atoms with Crippen molar-refractivity contribution < 1.29 is 19.1 Å². The van der Waals surface area contributed by atoms with Crippen LogP contribution in [0.4, 0.5) is 4.79 Å². The van der Waals surface area contributed by atoms with Crippen molar-refractivity contribution >= 4 is 41.3 Å². The van der Waals surface area contributed by atoms with Crippen LogP contribution in [0.15, 0.2) is 29.4 Å². The number of carbonyl (C=O) groups is 3. The summed E-state index contributed by atoms with van der Waals surface area (Å²) in [6.45, 7) is 1.71. The smallest absolute Gasteiger partial charge is 0.321 e. The van der Waals surface area contributed by atoms with Crippen molar-refractivity contribution in [1.82, 2.24) is 25.4 Å². The molecule has 0 bridgehead atoms. The molecule has 9 nitrogen and oxygen atoms in total. The van der Waals surface area contributed by atoms with E-state index in [0.29, 0.717) is 22.4 Å². The lowest BCUT2D eigenvalue weighted by atomic mass is 10.1. The van der Waals surface area contributed by atoms with E-state index in [0.717, 1.165) is 5.69 Å². The maximum absolute atomic E-state index is 11.8. The molecule has 1 aliphatic heterocycles. The minimum absolute atomic E-state index is 0.139. The molecule has 1 aromatic carbocycles. The van der Waals surface area contributed by atoms with Crippen molar-refractivity contribution in [3.63, 3.8) is 0 Å². The highest BCUT2D eigenvalue weighted by atomic mass is 35.5. The quantitative estimate of drug-likeness (QED) is 0.536. The Balaban J connectivity index is 1.93. The number of imide groups is 1. The van der Waals surface area contributed by atoms with E-state index in [-0.39, 0.29) is 18.3 Å². The molecule has 3 rings (SSSR count). The Morgan fingerprint density at radius 2 is 2.07 bits per heavy atom. The van der Waals surface area contributed by atoms with Gasteiger partial charge in [-0.15, -0.1) is 10.2 Å². The molecular weight excluding hydrogens is 406 g/mol. The number of ether oxygens (including phenoxy) is 1. The summed E-state index contributed by atoms with van der Waals surface area (Å²) in [4.78, 5) is 35.0. The standard InChI is InChI=1S/C17H18ClN5O4S/c1-9(15(25)27-2)28-17-22-21-13(7-11-8-14(24)20-16(26)19-11)23(17)12-5-3-10(18)4-6-12/h3-6,9,11H,7-8H2,1-2H3,(H2,19,20,24,26). The second kappa shape index (κ2) is 8.61. The van der Waals surface area contributed by atoms with Crippen molar-refractivity contribution in [3.05, 3.63) is 35.1 Å². The fourth-order valence-electron chi connectivity index (χ4n) is 2.75. The van der Waals surface area contributed by atoms with Crippen LogP contribution in [-0.4, -0.2) is 51.1 Å². The maximum atomic E-state index is 11.8. The van der Waals surface area contributed by atoms with E-state index in [2.05, 4.69) is 20.8 Å². The van der Waals surface area contributed by atoms with Gasteiger partial charge in [0.1, 0.15) is 11.1 Å². The van der Waals surface area contributed by atoms with Gasteiger partial charge in [0.15, 0.2) is 5.16 Å². The molecule has 1 aliphatic rings. The number of nitrogens with zero attached hydrogens (tertiary/aromatic N) is 3. The van der Waals surface area contributed by atoms with Crippen LogP contribution in [0.1, 0.15) is 19.2 Å². The van der Waals surface area contributed by atoms with E-state index < -0.39 is 17.3 Å². The van der Waals surface area contributed by atoms with Crippen molar-refractivity contribution in [2.45, 2.75) is 36.2 Å². The molecule has 1 fully saturated rings. The van der Waals surface area contributed by atoms with E-state index in [9.17, 15) is 14.4 Å². The number of hydrogen-bond donors (Lipinski definition) is 2. The normalized spacial score (nSPS) is 17.6. The Labute approximate surface area is 170 Å². The number of urea groups is 1. The summed E-state index contributed by atoms with van der Waals surface area (Å²) in [5.41, 5.74) is 0.746. The lowest BCUT2D eigenvalue weighted by Crippen LogP contribution is -2.53. The van der Waals surface area contributed by atoms with Gasteiger partial charge >= 0.3 is 12.0 Å². The second-order valence-corrected chi connectivity index (χ2v) is 7.87. The van der Waals surface area contributed by atoms with Crippen molar-refractivity contribution in [2.75, 3.05) is 7.11 Å². The molecule has 2 N–H and O–H groups in total. The van der Waals surface area contributed by atoms with Gasteiger partial charge in [-0.25, -0.2) is 4.79 Å². The molecule has 0 aliphatic carbocycles. The van der Waals surface area contributed by atoms with Gasteiger partial charge in [-0.1, -0.05) is 23.4 Å². The first kappa shape index (κ1) is 20.2. The highest BCUT2D eigenvalue weighted by molar-refractivity contribution is 8.00. The van der Waals surface area contributed by atoms with Crippen molar-refractivity contribution in [1.29, 1.82) is 0 Å². The lowest BCUT2D eigenvalue weighted by molar-refractivity contribution is -0.139. The molecule has 0 saturated carbocycles. The van der Waals surface area contributed by atoms with E-state index in [1.54, 1.807) is 35.8 Å². The Bertz CT molecular complexity index is 885. The van der Waals surface area contributed by atoms with Crippen LogP contribution in [0.25, 0.3) is 5.69 Å². The predicted molar refractivity (Wildman–Crippen MR) is 102 cm³/mol. The van der Waals surface area contributed by atoms with Crippen molar-refractivity contribution in [2.24, 2.45) is 0 Å².